The maximum Gasteiger partial charge on any atom is 0.270 e. The summed E-state index contributed by atoms with van der Waals surface area (Å²) in [5.41, 5.74) is 1.17. The molecule has 0 atom stereocenters. The highest BCUT2D eigenvalue weighted by atomic mass is 32.2. The zero-order valence-corrected chi connectivity index (χ0v) is 18.9. The number of piperazine rings is 1. The minimum atomic E-state index is -3.90. The minimum Gasteiger partial charge on any atom is -0.489 e. The highest BCUT2D eigenvalue weighted by molar-refractivity contribution is 7.89. The normalized spacial score (nSPS) is 14.5. The van der Waals surface area contributed by atoms with E-state index in [1.165, 1.54) is 22.5 Å². The van der Waals surface area contributed by atoms with Crippen molar-refractivity contribution in [2.24, 2.45) is 0 Å². The number of pyridine rings is 1. The molecule has 3 aromatic rings. The van der Waals surface area contributed by atoms with Crippen LogP contribution in [0.15, 0.2) is 78.0 Å². The predicted molar refractivity (Wildman–Crippen MR) is 123 cm³/mol. The molecule has 1 aliphatic heterocycles. The second-order valence-electron chi connectivity index (χ2n) is 7.62. The highest BCUT2D eigenvalue weighted by Gasteiger charge is 2.31. The van der Waals surface area contributed by atoms with E-state index in [0.29, 0.717) is 17.9 Å². The molecule has 0 unspecified atom stereocenters. The van der Waals surface area contributed by atoms with Crippen LogP contribution in [0.25, 0.3) is 0 Å². The number of hydrogen-bond donors (Lipinski definition) is 0. The molecule has 0 spiro atoms. The van der Waals surface area contributed by atoms with E-state index in [0.717, 1.165) is 11.6 Å². The molecular weight excluding hydrogens is 460 g/mol. The first-order valence-corrected chi connectivity index (χ1v) is 11.9. The summed E-state index contributed by atoms with van der Waals surface area (Å²) >= 11 is 0. The number of ether oxygens (including phenoxy) is 1. The quantitative estimate of drug-likeness (QED) is 0.375. The van der Waals surface area contributed by atoms with Crippen LogP contribution < -0.4 is 4.74 Å². The number of non-ortho nitro benzene ring substituents is 1. The summed E-state index contributed by atoms with van der Waals surface area (Å²) in [4.78, 5) is 28.6. The molecule has 0 N–H and O–H groups in total. The van der Waals surface area contributed by atoms with Gasteiger partial charge in [0.2, 0.25) is 10.0 Å². The molecule has 176 valence electrons. The van der Waals surface area contributed by atoms with Crippen LogP contribution in [0.4, 0.5) is 5.69 Å². The first-order chi connectivity index (χ1) is 16.3. The van der Waals surface area contributed by atoms with E-state index in [-0.39, 0.29) is 42.7 Å². The molecule has 1 aliphatic rings. The number of carbonyl (C=O) groups excluding carboxylic acids is 1. The maximum atomic E-state index is 12.9. The maximum absolute atomic E-state index is 12.9. The highest BCUT2D eigenvalue weighted by Crippen LogP contribution is 2.23. The van der Waals surface area contributed by atoms with Gasteiger partial charge in [-0.1, -0.05) is 6.07 Å². The number of rotatable bonds is 7. The molecule has 11 heteroatoms. The van der Waals surface area contributed by atoms with E-state index in [1.54, 1.807) is 41.6 Å². The lowest BCUT2D eigenvalue weighted by atomic mass is 10.2. The van der Waals surface area contributed by atoms with E-state index < -0.39 is 14.9 Å². The molecule has 0 saturated carbocycles. The number of benzene rings is 2. The number of nitro benzene ring substituents is 1. The summed E-state index contributed by atoms with van der Waals surface area (Å²) in [5.74, 6) is 0.425. The number of carbonyl (C=O) groups is 1. The zero-order valence-electron chi connectivity index (χ0n) is 18.1. The van der Waals surface area contributed by atoms with Gasteiger partial charge in [0, 0.05) is 56.3 Å². The van der Waals surface area contributed by atoms with Crippen LogP contribution in [0.3, 0.4) is 0 Å². The lowest BCUT2D eigenvalue weighted by Gasteiger charge is -2.34. The average Bonchev–Trinajstić information content (AvgIpc) is 2.88. The summed E-state index contributed by atoms with van der Waals surface area (Å²) in [6.07, 6.45) is 3.38. The Kier molecular flexibility index (Phi) is 6.85. The van der Waals surface area contributed by atoms with Crippen molar-refractivity contribution in [3.63, 3.8) is 0 Å². The van der Waals surface area contributed by atoms with Crippen LogP contribution in [0.2, 0.25) is 0 Å². The third-order valence-electron chi connectivity index (χ3n) is 5.45. The molecule has 2 aromatic carbocycles. The summed E-state index contributed by atoms with van der Waals surface area (Å²) in [5, 5.41) is 11.0. The van der Waals surface area contributed by atoms with Crippen molar-refractivity contribution >= 4 is 21.6 Å². The Bertz CT molecular complexity index is 1270. The molecule has 1 fully saturated rings. The summed E-state index contributed by atoms with van der Waals surface area (Å²) < 4.78 is 32.7. The molecule has 0 aliphatic carbocycles. The molecule has 0 radical (unpaired) electrons. The number of amides is 1. The van der Waals surface area contributed by atoms with Gasteiger partial charge in [0.25, 0.3) is 11.6 Å². The molecule has 1 saturated heterocycles. The SMILES string of the molecule is O=C(c1ccc(OCc2ccncc2)cc1)N1CCN(S(=O)(=O)c2cccc([N+](=O)[O-])c2)CC1. The Morgan fingerprint density at radius 3 is 2.32 bits per heavy atom. The van der Waals surface area contributed by atoms with E-state index >= 15 is 0 Å². The Balaban J connectivity index is 1.35. The van der Waals surface area contributed by atoms with Crippen molar-refractivity contribution in [3.05, 3.63) is 94.3 Å². The van der Waals surface area contributed by atoms with Crippen molar-refractivity contribution in [2.45, 2.75) is 11.5 Å². The largest absolute Gasteiger partial charge is 0.489 e. The van der Waals surface area contributed by atoms with Crippen molar-refractivity contribution in [2.75, 3.05) is 26.2 Å². The third kappa shape index (κ3) is 5.21. The van der Waals surface area contributed by atoms with Crippen LogP contribution >= 0.6 is 0 Å². The molecule has 4 rings (SSSR count). The summed E-state index contributed by atoms with van der Waals surface area (Å²) in [6.45, 7) is 1.02. The lowest BCUT2D eigenvalue weighted by Crippen LogP contribution is -2.50. The van der Waals surface area contributed by atoms with Crippen molar-refractivity contribution in [1.82, 2.24) is 14.2 Å². The lowest BCUT2D eigenvalue weighted by molar-refractivity contribution is -0.385. The van der Waals surface area contributed by atoms with Gasteiger partial charge in [0.1, 0.15) is 12.4 Å². The van der Waals surface area contributed by atoms with Crippen LogP contribution in [0.5, 0.6) is 5.75 Å². The molecular formula is C23H22N4O6S. The topological polar surface area (TPSA) is 123 Å². The van der Waals surface area contributed by atoms with Crippen molar-refractivity contribution in [3.8, 4) is 5.75 Å². The van der Waals surface area contributed by atoms with Gasteiger partial charge >= 0.3 is 0 Å². The zero-order chi connectivity index (χ0) is 24.1. The molecule has 10 nitrogen and oxygen atoms in total. The molecule has 1 aromatic heterocycles. The fourth-order valence-electron chi connectivity index (χ4n) is 3.56. The minimum absolute atomic E-state index is 0.101. The van der Waals surface area contributed by atoms with E-state index in [1.807, 2.05) is 12.1 Å². The monoisotopic (exact) mass is 482 g/mol. The summed E-state index contributed by atoms with van der Waals surface area (Å²) in [7, 11) is -3.90. The molecule has 1 amide bonds. The van der Waals surface area contributed by atoms with E-state index in [9.17, 15) is 23.3 Å². The average molecular weight is 483 g/mol. The van der Waals surface area contributed by atoms with Gasteiger partial charge in [-0.3, -0.25) is 19.9 Å². The number of sulfonamides is 1. The Morgan fingerprint density at radius 2 is 1.68 bits per heavy atom. The number of hydrogen-bond acceptors (Lipinski definition) is 7. The number of nitrogens with zero attached hydrogens (tertiary/aromatic N) is 4. The fourth-order valence-corrected chi connectivity index (χ4v) is 5.02. The van der Waals surface area contributed by atoms with Crippen LogP contribution in [-0.4, -0.2) is 59.6 Å². The van der Waals surface area contributed by atoms with E-state index in [4.69, 9.17) is 4.74 Å². The van der Waals surface area contributed by atoms with Gasteiger partial charge in [-0.15, -0.1) is 0 Å². The Hall–Kier alpha value is -3.83. The first-order valence-electron chi connectivity index (χ1n) is 10.5. The molecule has 2 heterocycles. The van der Waals surface area contributed by atoms with Gasteiger partial charge < -0.3 is 9.64 Å². The first kappa shape index (κ1) is 23.3. The van der Waals surface area contributed by atoms with Crippen LogP contribution in [0.1, 0.15) is 15.9 Å². The van der Waals surface area contributed by atoms with Gasteiger partial charge in [-0.25, -0.2) is 8.42 Å². The number of nitro groups is 1. The second kappa shape index (κ2) is 9.98. The van der Waals surface area contributed by atoms with Gasteiger partial charge in [0.15, 0.2) is 0 Å². The molecule has 0 bridgehead atoms. The second-order valence-corrected chi connectivity index (χ2v) is 9.56. The van der Waals surface area contributed by atoms with Gasteiger partial charge in [-0.05, 0) is 48.0 Å². The standard InChI is InChI=1S/C23H22N4O6S/c28-23(19-4-6-21(7-5-19)33-17-18-8-10-24-11-9-18)25-12-14-26(15-13-25)34(31,32)22-3-1-2-20(16-22)27(29)30/h1-11,16H,12-15,17H2. The summed E-state index contributed by atoms with van der Waals surface area (Å²) in [6, 6.07) is 15.5. The fraction of sp³-hybridized carbons (Fsp3) is 0.217. The third-order valence-corrected chi connectivity index (χ3v) is 7.34. The Labute approximate surface area is 196 Å². The van der Waals surface area contributed by atoms with Crippen LogP contribution in [-0.2, 0) is 16.6 Å². The van der Waals surface area contributed by atoms with E-state index in [2.05, 4.69) is 4.98 Å². The Morgan fingerprint density at radius 1 is 1.00 bits per heavy atom. The van der Waals surface area contributed by atoms with Crippen LogP contribution in [0, 0.1) is 10.1 Å². The predicted octanol–water partition coefficient (Wildman–Crippen LogP) is 2.72. The number of aromatic nitrogens is 1. The van der Waals surface area contributed by atoms with Crippen molar-refractivity contribution in [1.29, 1.82) is 0 Å². The van der Waals surface area contributed by atoms with Gasteiger partial charge in [-0.2, -0.15) is 4.31 Å². The molecule has 34 heavy (non-hydrogen) atoms. The van der Waals surface area contributed by atoms with Gasteiger partial charge in [0.05, 0.1) is 9.82 Å². The van der Waals surface area contributed by atoms with Crippen molar-refractivity contribution < 1.29 is 22.9 Å². The smallest absolute Gasteiger partial charge is 0.270 e.